The normalized spacial score (nSPS) is 11.3. The van der Waals surface area contributed by atoms with Crippen LogP contribution in [0, 0.1) is 12.7 Å². The van der Waals surface area contributed by atoms with Gasteiger partial charge in [-0.15, -0.1) is 5.10 Å². The Bertz CT molecular complexity index is 982. The highest BCUT2D eigenvalue weighted by atomic mass is 19.1. The van der Waals surface area contributed by atoms with Crippen LogP contribution in [-0.4, -0.2) is 38.6 Å². The molecular formula is C19H15FN4O3. The summed E-state index contributed by atoms with van der Waals surface area (Å²) in [5.41, 5.74) is 1.05. The molecule has 0 aliphatic carbocycles. The number of Topliss-reactive ketones (excluding diaryl/α,β-unsaturated/α-hetero) is 1. The Hall–Kier alpha value is -3.68. The molecule has 0 amide bonds. The second-order valence-electron chi connectivity index (χ2n) is 5.58. The minimum Gasteiger partial charge on any atom is -0.453 e. The fourth-order valence-electron chi connectivity index (χ4n) is 2.29. The standard InChI is InChI=1S/C19H15FN4O3/c1-13-21-22-23-24(13)17(11-14-5-3-2-4-6-14)19(26)27-12-18(25)15-7-9-16(20)10-8-15/h2-11H,12H2,1H3/b17-11-. The fraction of sp³-hybridized carbons (Fsp3) is 0.105. The van der Waals surface area contributed by atoms with Gasteiger partial charge in [-0.2, -0.15) is 4.68 Å². The lowest BCUT2D eigenvalue weighted by Gasteiger charge is -2.09. The van der Waals surface area contributed by atoms with Crippen LogP contribution in [0.3, 0.4) is 0 Å². The van der Waals surface area contributed by atoms with Crippen molar-refractivity contribution in [3.8, 4) is 0 Å². The first-order valence-corrected chi connectivity index (χ1v) is 8.02. The smallest absolute Gasteiger partial charge is 0.357 e. The van der Waals surface area contributed by atoms with Crippen LogP contribution in [0.1, 0.15) is 21.7 Å². The van der Waals surface area contributed by atoms with Gasteiger partial charge in [-0.1, -0.05) is 30.3 Å². The molecule has 0 spiro atoms. The number of esters is 1. The molecule has 3 rings (SSSR count). The summed E-state index contributed by atoms with van der Waals surface area (Å²) < 4.78 is 19.3. The molecule has 136 valence electrons. The lowest BCUT2D eigenvalue weighted by Crippen LogP contribution is -2.19. The first-order valence-electron chi connectivity index (χ1n) is 8.02. The molecule has 0 N–H and O–H groups in total. The fourth-order valence-corrected chi connectivity index (χ4v) is 2.29. The molecule has 0 fully saturated rings. The summed E-state index contributed by atoms with van der Waals surface area (Å²) in [7, 11) is 0. The number of aryl methyl sites for hydroxylation is 1. The van der Waals surface area contributed by atoms with Crippen molar-refractivity contribution in [2.24, 2.45) is 0 Å². The Kier molecular flexibility index (Phi) is 5.46. The van der Waals surface area contributed by atoms with E-state index in [9.17, 15) is 14.0 Å². The van der Waals surface area contributed by atoms with Gasteiger partial charge in [0.2, 0.25) is 0 Å². The SMILES string of the molecule is Cc1nnnn1/C(=C\c1ccccc1)C(=O)OCC(=O)c1ccc(F)cc1. The Morgan fingerprint density at radius 3 is 2.44 bits per heavy atom. The number of tetrazole rings is 1. The second-order valence-corrected chi connectivity index (χ2v) is 5.58. The first-order chi connectivity index (χ1) is 13.0. The van der Waals surface area contributed by atoms with Crippen LogP contribution in [0.15, 0.2) is 54.6 Å². The number of benzene rings is 2. The van der Waals surface area contributed by atoms with Crippen molar-refractivity contribution in [2.75, 3.05) is 6.61 Å². The summed E-state index contributed by atoms with van der Waals surface area (Å²) >= 11 is 0. The van der Waals surface area contributed by atoms with Crippen molar-refractivity contribution in [3.63, 3.8) is 0 Å². The number of ether oxygens (including phenoxy) is 1. The van der Waals surface area contributed by atoms with Crippen molar-refractivity contribution in [1.29, 1.82) is 0 Å². The summed E-state index contributed by atoms with van der Waals surface area (Å²) in [6.45, 7) is 1.15. The highest BCUT2D eigenvalue weighted by Crippen LogP contribution is 2.14. The van der Waals surface area contributed by atoms with E-state index in [-0.39, 0.29) is 11.3 Å². The van der Waals surface area contributed by atoms with E-state index in [1.165, 1.54) is 28.9 Å². The van der Waals surface area contributed by atoms with Crippen LogP contribution in [0.25, 0.3) is 11.8 Å². The van der Waals surface area contributed by atoms with E-state index in [0.29, 0.717) is 5.82 Å². The number of nitrogens with zero attached hydrogens (tertiary/aromatic N) is 4. The van der Waals surface area contributed by atoms with Gasteiger partial charge in [-0.05, 0) is 53.3 Å². The third-order valence-corrected chi connectivity index (χ3v) is 3.67. The largest absolute Gasteiger partial charge is 0.453 e. The van der Waals surface area contributed by atoms with Crippen LogP contribution in [-0.2, 0) is 9.53 Å². The number of rotatable bonds is 6. The number of ketones is 1. The van der Waals surface area contributed by atoms with Crippen LogP contribution >= 0.6 is 0 Å². The van der Waals surface area contributed by atoms with Gasteiger partial charge in [0, 0.05) is 5.56 Å². The van der Waals surface area contributed by atoms with Gasteiger partial charge >= 0.3 is 5.97 Å². The Labute approximate surface area is 154 Å². The number of hydrogen-bond acceptors (Lipinski definition) is 6. The van der Waals surface area contributed by atoms with E-state index in [4.69, 9.17) is 4.74 Å². The Morgan fingerprint density at radius 2 is 1.81 bits per heavy atom. The Morgan fingerprint density at radius 1 is 1.11 bits per heavy atom. The van der Waals surface area contributed by atoms with Crippen molar-refractivity contribution < 1.29 is 18.7 Å². The van der Waals surface area contributed by atoms with Gasteiger partial charge in [0.1, 0.15) is 5.82 Å². The van der Waals surface area contributed by atoms with Crippen LogP contribution in [0.5, 0.6) is 0 Å². The summed E-state index contributed by atoms with van der Waals surface area (Å²) in [5.74, 6) is -1.27. The van der Waals surface area contributed by atoms with Gasteiger partial charge in [0.05, 0.1) is 0 Å². The summed E-state index contributed by atoms with van der Waals surface area (Å²) in [5, 5.41) is 11.1. The number of aromatic nitrogens is 4. The lowest BCUT2D eigenvalue weighted by molar-refractivity contribution is -0.136. The zero-order valence-corrected chi connectivity index (χ0v) is 14.4. The van der Waals surface area contributed by atoms with Crippen molar-refractivity contribution >= 4 is 23.5 Å². The predicted molar refractivity (Wildman–Crippen MR) is 94.9 cm³/mol. The molecule has 0 aliphatic rings. The van der Waals surface area contributed by atoms with Gasteiger partial charge in [0.25, 0.3) is 0 Å². The molecule has 0 saturated heterocycles. The van der Waals surface area contributed by atoms with E-state index in [2.05, 4.69) is 15.5 Å². The summed E-state index contributed by atoms with van der Waals surface area (Å²) in [4.78, 5) is 24.7. The van der Waals surface area contributed by atoms with E-state index in [1.54, 1.807) is 25.1 Å². The highest BCUT2D eigenvalue weighted by Gasteiger charge is 2.19. The molecule has 2 aromatic carbocycles. The molecule has 0 bridgehead atoms. The summed E-state index contributed by atoms with van der Waals surface area (Å²) in [6, 6.07) is 14.1. The highest BCUT2D eigenvalue weighted by molar-refractivity contribution is 6.16. The molecule has 3 aromatic rings. The van der Waals surface area contributed by atoms with Gasteiger partial charge in [0.15, 0.2) is 23.9 Å². The van der Waals surface area contributed by atoms with Crippen LogP contribution in [0.4, 0.5) is 4.39 Å². The topological polar surface area (TPSA) is 87.0 Å². The number of halogens is 1. The monoisotopic (exact) mass is 366 g/mol. The van der Waals surface area contributed by atoms with Crippen molar-refractivity contribution in [2.45, 2.75) is 6.92 Å². The molecule has 0 radical (unpaired) electrons. The quantitative estimate of drug-likeness (QED) is 0.379. The maximum absolute atomic E-state index is 12.9. The lowest BCUT2D eigenvalue weighted by atomic mass is 10.1. The predicted octanol–water partition coefficient (Wildman–Crippen LogP) is 2.54. The van der Waals surface area contributed by atoms with Crippen molar-refractivity contribution in [3.05, 3.63) is 77.4 Å². The molecule has 0 atom stereocenters. The minimum atomic E-state index is -0.760. The van der Waals surface area contributed by atoms with Gasteiger partial charge < -0.3 is 4.74 Å². The molecule has 1 aromatic heterocycles. The molecule has 27 heavy (non-hydrogen) atoms. The maximum Gasteiger partial charge on any atom is 0.357 e. The van der Waals surface area contributed by atoms with Gasteiger partial charge in [-0.3, -0.25) is 4.79 Å². The van der Waals surface area contributed by atoms with E-state index in [1.807, 2.05) is 18.2 Å². The molecule has 0 saturated carbocycles. The third kappa shape index (κ3) is 4.49. The molecule has 1 heterocycles. The molecule has 0 aliphatic heterocycles. The first kappa shape index (κ1) is 18.1. The minimum absolute atomic E-state index is 0.0654. The van der Waals surface area contributed by atoms with Crippen molar-refractivity contribution in [1.82, 2.24) is 20.2 Å². The van der Waals surface area contributed by atoms with E-state index >= 15 is 0 Å². The van der Waals surface area contributed by atoms with Crippen LogP contribution < -0.4 is 0 Å². The van der Waals surface area contributed by atoms with E-state index < -0.39 is 24.2 Å². The molecule has 8 heteroatoms. The average Bonchev–Trinajstić information content (AvgIpc) is 3.11. The van der Waals surface area contributed by atoms with Gasteiger partial charge in [-0.25, -0.2) is 9.18 Å². The number of hydrogen-bond donors (Lipinski definition) is 0. The summed E-state index contributed by atoms with van der Waals surface area (Å²) in [6.07, 6.45) is 1.56. The molecule has 7 nitrogen and oxygen atoms in total. The van der Waals surface area contributed by atoms with Crippen LogP contribution in [0.2, 0.25) is 0 Å². The zero-order chi connectivity index (χ0) is 19.2. The van der Waals surface area contributed by atoms with E-state index in [0.717, 1.165) is 5.56 Å². The number of carbonyl (C=O) groups is 2. The zero-order valence-electron chi connectivity index (χ0n) is 14.4. The average molecular weight is 366 g/mol. The molecule has 0 unspecified atom stereocenters. The maximum atomic E-state index is 12.9. The molecular weight excluding hydrogens is 351 g/mol. The Balaban J connectivity index is 1.79. The number of carbonyl (C=O) groups excluding carboxylic acids is 2. The third-order valence-electron chi connectivity index (χ3n) is 3.67. The second kappa shape index (κ2) is 8.13.